The average molecular weight is 183 g/mol. The molecule has 0 aliphatic heterocycles. The third-order valence-corrected chi connectivity index (χ3v) is 2.16. The third-order valence-electron chi connectivity index (χ3n) is 2.16. The van der Waals surface area contributed by atoms with E-state index >= 15 is 0 Å². The first-order valence-electron chi connectivity index (χ1n) is 5.02. The lowest BCUT2D eigenvalue weighted by molar-refractivity contribution is 0.221. The molecule has 1 N–H and O–H groups in total. The summed E-state index contributed by atoms with van der Waals surface area (Å²) in [5, 5.41) is 12.0. The Morgan fingerprint density at radius 1 is 1.38 bits per heavy atom. The molecule has 76 valence electrons. The molecule has 0 aliphatic rings. The Hall–Kier alpha value is -0.590. The quantitative estimate of drug-likeness (QED) is 0.673. The molecule has 0 aromatic heterocycles. The molecule has 0 aliphatic carbocycles. The largest absolute Gasteiger partial charge is 0.301 e. The molecule has 0 radical (unpaired) electrons. The molecule has 0 heterocycles. The molecule has 3 nitrogen and oxygen atoms in total. The van der Waals surface area contributed by atoms with Crippen LogP contribution in [0.2, 0.25) is 0 Å². The van der Waals surface area contributed by atoms with Crippen molar-refractivity contribution in [1.82, 2.24) is 10.2 Å². The second-order valence-corrected chi connectivity index (χ2v) is 3.42. The number of nitriles is 1. The molecule has 3 heteroatoms. The van der Waals surface area contributed by atoms with Gasteiger partial charge in [-0.25, -0.2) is 0 Å². The topological polar surface area (TPSA) is 39.1 Å². The normalized spacial score (nSPS) is 13.3. The number of nitrogens with one attached hydrogen (secondary N) is 1. The van der Waals surface area contributed by atoms with Crippen molar-refractivity contribution in [3.05, 3.63) is 0 Å². The highest BCUT2D eigenvalue weighted by Crippen LogP contribution is 1.98. The predicted molar refractivity (Wildman–Crippen MR) is 55.5 cm³/mol. The fraction of sp³-hybridized carbons (Fsp3) is 0.900. The van der Waals surface area contributed by atoms with E-state index in [1.165, 1.54) is 0 Å². The van der Waals surface area contributed by atoms with E-state index in [4.69, 9.17) is 5.26 Å². The van der Waals surface area contributed by atoms with E-state index in [2.05, 4.69) is 37.1 Å². The molecule has 0 bridgehead atoms. The van der Waals surface area contributed by atoms with Crippen molar-refractivity contribution in [2.75, 3.05) is 19.6 Å². The van der Waals surface area contributed by atoms with E-state index in [0.29, 0.717) is 6.04 Å². The summed E-state index contributed by atoms with van der Waals surface area (Å²) in [5.41, 5.74) is 0. The molecule has 0 aromatic carbocycles. The standard InChI is InChI=1S/C10H21N3/c1-5-12-10(7-11)8-13(6-2)9(3)4/h9-10,12H,5-6,8H2,1-4H3. The smallest absolute Gasteiger partial charge is 0.108 e. The summed E-state index contributed by atoms with van der Waals surface area (Å²) >= 11 is 0. The van der Waals surface area contributed by atoms with Gasteiger partial charge in [-0.05, 0) is 26.9 Å². The second kappa shape index (κ2) is 6.88. The van der Waals surface area contributed by atoms with Gasteiger partial charge in [-0.2, -0.15) is 5.26 Å². The number of hydrogen-bond donors (Lipinski definition) is 1. The van der Waals surface area contributed by atoms with E-state index < -0.39 is 0 Å². The van der Waals surface area contributed by atoms with Gasteiger partial charge in [-0.3, -0.25) is 4.90 Å². The van der Waals surface area contributed by atoms with Gasteiger partial charge in [-0.1, -0.05) is 13.8 Å². The highest BCUT2D eigenvalue weighted by Gasteiger charge is 2.13. The summed E-state index contributed by atoms with van der Waals surface area (Å²) in [6.45, 7) is 11.1. The first-order valence-corrected chi connectivity index (χ1v) is 5.02. The fourth-order valence-corrected chi connectivity index (χ4v) is 1.34. The van der Waals surface area contributed by atoms with Crippen molar-refractivity contribution in [2.24, 2.45) is 0 Å². The SMILES string of the molecule is CCNC(C#N)CN(CC)C(C)C. The molecule has 1 atom stereocenters. The van der Waals surface area contributed by atoms with Gasteiger partial charge >= 0.3 is 0 Å². The molecule has 0 saturated heterocycles. The van der Waals surface area contributed by atoms with E-state index in [1.54, 1.807) is 0 Å². The van der Waals surface area contributed by atoms with Gasteiger partial charge in [0.2, 0.25) is 0 Å². The minimum atomic E-state index is -0.0349. The average Bonchev–Trinajstić information content (AvgIpc) is 2.11. The Morgan fingerprint density at radius 3 is 2.31 bits per heavy atom. The molecular weight excluding hydrogens is 162 g/mol. The number of rotatable bonds is 6. The van der Waals surface area contributed by atoms with Crippen LogP contribution in [-0.4, -0.2) is 36.6 Å². The predicted octanol–water partition coefficient (Wildman–Crippen LogP) is 1.22. The molecule has 0 spiro atoms. The third kappa shape index (κ3) is 4.87. The Labute approximate surface area is 81.7 Å². The van der Waals surface area contributed by atoms with Crippen LogP contribution in [0.1, 0.15) is 27.7 Å². The van der Waals surface area contributed by atoms with Crippen LogP contribution in [-0.2, 0) is 0 Å². The second-order valence-electron chi connectivity index (χ2n) is 3.42. The van der Waals surface area contributed by atoms with Crippen molar-refractivity contribution in [2.45, 2.75) is 39.8 Å². The van der Waals surface area contributed by atoms with Crippen molar-refractivity contribution in [3.63, 3.8) is 0 Å². The minimum Gasteiger partial charge on any atom is -0.301 e. The first-order chi connectivity index (χ1) is 6.15. The first kappa shape index (κ1) is 12.4. The van der Waals surface area contributed by atoms with Crippen molar-refractivity contribution >= 4 is 0 Å². The maximum Gasteiger partial charge on any atom is 0.108 e. The summed E-state index contributed by atoms with van der Waals surface area (Å²) in [7, 11) is 0. The molecule has 0 aromatic rings. The lowest BCUT2D eigenvalue weighted by Crippen LogP contribution is -2.43. The molecule has 0 saturated carbocycles. The zero-order valence-electron chi connectivity index (χ0n) is 9.17. The molecular formula is C10H21N3. The fourth-order valence-electron chi connectivity index (χ4n) is 1.34. The summed E-state index contributed by atoms with van der Waals surface area (Å²) in [6.07, 6.45) is 0. The van der Waals surface area contributed by atoms with Crippen LogP contribution in [0.3, 0.4) is 0 Å². The van der Waals surface area contributed by atoms with E-state index in [9.17, 15) is 0 Å². The van der Waals surface area contributed by atoms with Gasteiger partial charge in [0.25, 0.3) is 0 Å². The Kier molecular flexibility index (Phi) is 6.56. The summed E-state index contributed by atoms with van der Waals surface area (Å²) in [5.74, 6) is 0. The van der Waals surface area contributed by atoms with Crippen molar-refractivity contribution in [3.8, 4) is 6.07 Å². The summed E-state index contributed by atoms with van der Waals surface area (Å²) in [6, 6.07) is 2.75. The molecule has 0 fully saturated rings. The minimum absolute atomic E-state index is 0.0349. The van der Waals surface area contributed by atoms with Gasteiger partial charge in [0.15, 0.2) is 0 Å². The lowest BCUT2D eigenvalue weighted by Gasteiger charge is -2.26. The van der Waals surface area contributed by atoms with Crippen LogP contribution in [0.15, 0.2) is 0 Å². The monoisotopic (exact) mass is 183 g/mol. The van der Waals surface area contributed by atoms with Crippen molar-refractivity contribution < 1.29 is 0 Å². The van der Waals surface area contributed by atoms with Gasteiger partial charge < -0.3 is 5.32 Å². The summed E-state index contributed by atoms with van der Waals surface area (Å²) < 4.78 is 0. The Balaban J connectivity index is 3.97. The number of nitrogens with zero attached hydrogens (tertiary/aromatic N) is 2. The zero-order chi connectivity index (χ0) is 10.3. The van der Waals surface area contributed by atoms with Crippen LogP contribution in [0.25, 0.3) is 0 Å². The van der Waals surface area contributed by atoms with Gasteiger partial charge in [0, 0.05) is 12.6 Å². The number of hydrogen-bond acceptors (Lipinski definition) is 3. The van der Waals surface area contributed by atoms with Crippen LogP contribution in [0, 0.1) is 11.3 Å². The maximum atomic E-state index is 8.84. The molecule has 13 heavy (non-hydrogen) atoms. The van der Waals surface area contributed by atoms with Crippen LogP contribution >= 0.6 is 0 Å². The molecule has 1 unspecified atom stereocenters. The highest BCUT2D eigenvalue weighted by molar-refractivity contribution is 4.92. The maximum absolute atomic E-state index is 8.84. The van der Waals surface area contributed by atoms with E-state index in [1.807, 2.05) is 6.92 Å². The van der Waals surface area contributed by atoms with Gasteiger partial charge in [0.05, 0.1) is 6.07 Å². The van der Waals surface area contributed by atoms with Gasteiger partial charge in [0.1, 0.15) is 6.04 Å². The number of likely N-dealkylation sites (N-methyl/N-ethyl adjacent to an activating group) is 2. The molecule has 0 rings (SSSR count). The molecule has 0 amide bonds. The van der Waals surface area contributed by atoms with E-state index in [0.717, 1.165) is 19.6 Å². The Morgan fingerprint density at radius 2 is 2.00 bits per heavy atom. The highest BCUT2D eigenvalue weighted by atomic mass is 15.2. The van der Waals surface area contributed by atoms with Gasteiger partial charge in [-0.15, -0.1) is 0 Å². The van der Waals surface area contributed by atoms with E-state index in [-0.39, 0.29) is 6.04 Å². The summed E-state index contributed by atoms with van der Waals surface area (Å²) in [4.78, 5) is 2.29. The lowest BCUT2D eigenvalue weighted by atomic mass is 10.2. The van der Waals surface area contributed by atoms with Crippen LogP contribution < -0.4 is 5.32 Å². The van der Waals surface area contributed by atoms with Crippen LogP contribution in [0.5, 0.6) is 0 Å². The van der Waals surface area contributed by atoms with Crippen molar-refractivity contribution in [1.29, 1.82) is 5.26 Å². The zero-order valence-corrected chi connectivity index (χ0v) is 9.17. The Bertz CT molecular complexity index is 160. The van der Waals surface area contributed by atoms with Crippen LogP contribution in [0.4, 0.5) is 0 Å².